The Hall–Kier alpha value is -16.2. The number of halogens is 9. The van der Waals surface area contributed by atoms with Crippen LogP contribution in [0.1, 0.15) is 85.2 Å². The van der Waals surface area contributed by atoms with E-state index in [-0.39, 0.29) is 159 Å². The number of carbonyl (C=O) groups is 2. The number of thiazole rings is 2. The summed E-state index contributed by atoms with van der Waals surface area (Å²) in [7, 11) is -13.6. The van der Waals surface area contributed by atoms with E-state index in [4.69, 9.17) is 42.9 Å². The van der Waals surface area contributed by atoms with E-state index in [9.17, 15) is 86.5 Å². The van der Waals surface area contributed by atoms with E-state index in [1.54, 1.807) is 110 Å². The first-order valence-corrected chi connectivity index (χ1v) is 46.2. The summed E-state index contributed by atoms with van der Waals surface area (Å²) in [5.41, 5.74) is 5.24. The highest BCUT2D eigenvalue weighted by atomic mass is 35.5. The third-order valence-electron chi connectivity index (χ3n) is 21.3. The van der Waals surface area contributed by atoms with Gasteiger partial charge < -0.3 is 5.11 Å². The van der Waals surface area contributed by atoms with Gasteiger partial charge in [0.1, 0.15) is 17.5 Å². The summed E-state index contributed by atoms with van der Waals surface area (Å²) in [6.07, 6.45) is -3.73. The number of Topliss-reactive ketones (excluding diaryl/α,β-unsaturated/α-hetero) is 2. The Morgan fingerprint density at radius 3 is 1.17 bits per heavy atom. The Bertz CT molecular complexity index is 8540. The van der Waals surface area contributed by atoms with Gasteiger partial charge in [-0.25, -0.2) is 75.6 Å². The zero-order valence-electron chi connectivity index (χ0n) is 69.7. The molecule has 0 amide bonds. The first kappa shape index (κ1) is 93.5. The molecule has 0 aliphatic rings. The summed E-state index contributed by atoms with van der Waals surface area (Å²) in [6.45, 7) is 31.4. The maximum Gasteiger partial charge on any atom is 0.289 e. The van der Waals surface area contributed by atoms with Crippen LogP contribution in [0.2, 0.25) is 10.0 Å². The molecule has 662 valence electrons. The molecular formula is C101H56Cl2F7N11O9S5. The summed E-state index contributed by atoms with van der Waals surface area (Å²) in [5.74, 6) is 2.38. The molecule has 0 saturated carbocycles. The Morgan fingerprint density at radius 2 is 0.822 bits per heavy atom. The highest BCUT2D eigenvalue weighted by molar-refractivity contribution is 7.92. The topological polar surface area (TPSA) is 282 Å². The molecule has 5 heterocycles. The first-order chi connectivity index (χ1) is 64.6. The number of fused-ring (bicyclic) bond motifs is 3. The molecule has 20 nitrogen and oxygen atoms in total. The first-order valence-electron chi connectivity index (χ1n) is 39.5. The summed E-state index contributed by atoms with van der Waals surface area (Å²) in [5, 5.41) is 40.5. The highest BCUT2D eigenvalue weighted by Gasteiger charge is 2.37. The minimum atomic E-state index is -4.70. The van der Waals surface area contributed by atoms with Gasteiger partial charge >= 0.3 is 0 Å². The number of rotatable bonds is 18. The number of hydrogen-bond acceptors (Lipinski definition) is 16. The number of alkyl halides is 4. The van der Waals surface area contributed by atoms with Gasteiger partial charge in [-0.1, -0.05) is 162 Å². The second-order valence-electron chi connectivity index (χ2n) is 29.6. The van der Waals surface area contributed by atoms with Crippen LogP contribution in [0.15, 0.2) is 281 Å². The molecule has 0 aliphatic carbocycles. The monoisotopic (exact) mass is 1930 g/mol. The number of ketones is 2. The Labute approximate surface area is 784 Å². The molecule has 135 heavy (non-hydrogen) atoms. The molecular weight excluding hydrogens is 1880 g/mol. The maximum atomic E-state index is 15.0. The molecule has 0 atom stereocenters. The molecule has 0 aliphatic heterocycles. The fourth-order valence-electron chi connectivity index (χ4n) is 15.5. The normalized spacial score (nSPS) is 11.3. The number of carbonyl (C=O) groups excluding carboxylic acids is 2. The van der Waals surface area contributed by atoms with Crippen molar-refractivity contribution < 1.29 is 70.7 Å². The number of aliphatic hydroxyl groups excluding tert-OH is 1. The average Bonchev–Trinajstić information content (AvgIpc) is 1.56. The molecule has 5 aromatic heterocycles. The summed E-state index contributed by atoms with van der Waals surface area (Å²) in [6, 6.07) is 63.9. The van der Waals surface area contributed by atoms with Crippen molar-refractivity contribution in [2.45, 2.75) is 46.9 Å². The smallest absolute Gasteiger partial charge is 0.289 e. The van der Waals surface area contributed by atoms with E-state index in [2.05, 4.69) is 49.0 Å². The van der Waals surface area contributed by atoms with Crippen LogP contribution in [0, 0.1) is 89.9 Å². The third kappa shape index (κ3) is 17.8. The molecule has 1 N–H and O–H groups in total. The van der Waals surface area contributed by atoms with Gasteiger partial charge in [0.05, 0.1) is 93.9 Å². The van der Waals surface area contributed by atoms with Gasteiger partial charge in [-0.15, -0.1) is 11.3 Å². The zero-order valence-corrected chi connectivity index (χ0v) is 75.3. The number of nitriles is 3. The molecule has 17 aromatic rings. The van der Waals surface area contributed by atoms with E-state index in [0.717, 1.165) is 78.0 Å². The van der Waals surface area contributed by atoms with Crippen LogP contribution in [0.25, 0.3) is 137 Å². The van der Waals surface area contributed by atoms with Crippen LogP contribution in [0.3, 0.4) is 0 Å². The lowest BCUT2D eigenvalue weighted by Crippen LogP contribution is -2.14. The van der Waals surface area contributed by atoms with E-state index in [0.29, 0.717) is 65.9 Å². The highest BCUT2D eigenvalue weighted by Crippen LogP contribution is 2.53. The van der Waals surface area contributed by atoms with E-state index >= 15 is 0 Å². The average molecular weight is 1930 g/mol. The molecule has 0 radical (unpaired) electrons. The number of allylic oxidation sites excluding steroid dienone is 1. The van der Waals surface area contributed by atoms with Crippen LogP contribution < -0.4 is 0 Å². The number of hydrogen-bond donors (Lipinski definition) is 1. The minimum absolute atomic E-state index is 0.00260. The molecule has 0 spiro atoms. The van der Waals surface area contributed by atoms with Crippen LogP contribution in [0.4, 0.5) is 47.8 Å². The van der Waals surface area contributed by atoms with E-state index < -0.39 is 75.3 Å². The number of aromatic nitrogens is 5. The van der Waals surface area contributed by atoms with Crippen molar-refractivity contribution in [2.75, 3.05) is 0 Å². The quantitative estimate of drug-likeness (QED) is 0.0275. The van der Waals surface area contributed by atoms with Crippen molar-refractivity contribution >= 4 is 137 Å². The van der Waals surface area contributed by atoms with Gasteiger partial charge in [-0.05, 0) is 166 Å². The van der Waals surface area contributed by atoms with Crippen molar-refractivity contribution in [2.24, 2.45) is 0 Å². The largest absolute Gasteiger partial charge is 0.501 e. The predicted octanol–water partition coefficient (Wildman–Crippen LogP) is 26.9. The van der Waals surface area contributed by atoms with Crippen molar-refractivity contribution in [3.05, 3.63) is 378 Å². The molecule has 12 aromatic carbocycles. The molecule has 17 rings (SSSR count). The van der Waals surface area contributed by atoms with Gasteiger partial charge in [-0.3, -0.25) is 9.59 Å². The van der Waals surface area contributed by atoms with Crippen LogP contribution in [-0.2, 0) is 30.1 Å². The summed E-state index contributed by atoms with van der Waals surface area (Å²) in [4.78, 5) is 42.1. The van der Waals surface area contributed by atoms with Crippen LogP contribution in [-0.4, -0.2) is 63.8 Å². The fraction of sp³-hybridized carbons (Fsp3) is 0.0495. The summed E-state index contributed by atoms with van der Waals surface area (Å²) >= 11 is 14.5. The van der Waals surface area contributed by atoms with Crippen molar-refractivity contribution in [3.8, 4) is 119 Å². The number of benzene rings is 12. The Balaban J connectivity index is 0.000000154. The molecule has 34 heteroatoms. The fourth-order valence-corrected chi connectivity index (χ4v) is 23.0. The molecule has 0 unspecified atom stereocenters. The van der Waals surface area contributed by atoms with Gasteiger partial charge in [0, 0.05) is 126 Å². The lowest BCUT2D eigenvalue weighted by atomic mass is 9.92. The predicted molar refractivity (Wildman–Crippen MR) is 504 cm³/mol. The Morgan fingerprint density at radius 1 is 0.452 bits per heavy atom. The van der Waals surface area contributed by atoms with Crippen molar-refractivity contribution in [1.29, 1.82) is 15.8 Å². The number of nitrogens with zero attached hydrogens (tertiary/aromatic N) is 11. The van der Waals surface area contributed by atoms with Crippen molar-refractivity contribution in [1.82, 2.24) is 21.9 Å². The Kier molecular flexibility index (Phi) is 26.3. The second kappa shape index (κ2) is 38.0. The standard InChI is InChI=1S/C34H18ClF3N4O3S2.C34H20ClFN4O3S2.C33H18F3N3O3S/c1-18(43)19-9-11-24(26(35)14-19)20-5-3-6-21(13-20)32-31(30-22(16-39)7-4-8-27(30)40-2)25-15-23(36)10-12-28(25)42(32)47(44,45)29-17-41-34(46-29)33(37)38;1-19(41)21-10-12-26(28(35)15-21)22-6-4-7-23(14-22)34-33(32-24(17-37)8-5-9-29(32)38-3)27-16-25(36)11-13-30(27)40(34)45(42,43)31-18-39-20(2)44-31;1-20(40)9-10-21-5-3-6-23(17-21)32-31(30-24(19-37)7-4-8-28(30)38-2)27-18-25(34)13-16-29(27)39(32)43(41,42)26-14-11-22(12-15-26)33(35)36/h3-15,17,33H,1H3;4-16,18H,1-2H3;3-8,11-18,33,40H,1H2. The van der Waals surface area contributed by atoms with Gasteiger partial charge in [0.15, 0.2) is 47.8 Å². The molecule has 0 saturated heterocycles. The van der Waals surface area contributed by atoms with Gasteiger partial charge in [0.25, 0.3) is 42.9 Å². The minimum Gasteiger partial charge on any atom is -0.501 e. The van der Waals surface area contributed by atoms with Crippen molar-refractivity contribution in [3.63, 3.8) is 0 Å². The SMILES string of the molecule is [C-]#[N+]c1cccc(C#N)c1-c1c(-c2cccc(-c3ccc(C(C)=O)cc3Cl)c2)n(S(=O)(=O)c2cnc(C(F)F)s2)c2ccc(F)cc12.[C-]#[N+]c1cccc(C#N)c1-c1c(-c2cccc(-c3ccc(C(C)=O)cc3Cl)c2)n(S(=O)(=O)c2cnc(C)s2)c2ccc(F)cc12.[C-]#[N+]c1cccc(C#N)c1-c1c(-c2cccc(C#CC(=C)O)c2)n(S(=O)(=O)c2ccc(C(F)F)cc2)c2ccc(F)cc12. The number of aryl methyl sites for hydroxylation is 1. The lowest BCUT2D eigenvalue weighted by molar-refractivity contribution is 0.100. The van der Waals surface area contributed by atoms with E-state index in [1.807, 2.05) is 12.1 Å². The maximum absolute atomic E-state index is 15.0. The van der Waals surface area contributed by atoms with Crippen LogP contribution >= 0.6 is 45.9 Å². The summed E-state index contributed by atoms with van der Waals surface area (Å²) < 4.78 is 187. The van der Waals surface area contributed by atoms with Crippen LogP contribution in [0.5, 0.6) is 0 Å². The van der Waals surface area contributed by atoms with E-state index in [1.165, 1.54) is 111 Å². The number of aliphatic hydroxyl groups is 1. The lowest BCUT2D eigenvalue weighted by Gasteiger charge is -2.15. The zero-order chi connectivity index (χ0) is 96.6. The van der Waals surface area contributed by atoms with Gasteiger partial charge in [-0.2, -0.15) is 32.6 Å². The molecule has 0 fully saturated rings. The third-order valence-corrected chi connectivity index (χ3v) is 29.9. The van der Waals surface area contributed by atoms with Gasteiger partial charge in [0.2, 0.25) is 0 Å². The second-order valence-corrected chi connectivity index (χ2v) is 38.5. The molecule has 0 bridgehead atoms.